The van der Waals surface area contributed by atoms with Gasteiger partial charge in [0.05, 0.1) is 0 Å². The van der Waals surface area contributed by atoms with E-state index in [4.69, 9.17) is 4.74 Å². The van der Waals surface area contributed by atoms with E-state index < -0.39 is 10.0 Å². The lowest BCUT2D eigenvalue weighted by atomic mass is 9.86. The van der Waals surface area contributed by atoms with Gasteiger partial charge in [0, 0.05) is 20.1 Å². The third kappa shape index (κ3) is 4.95. The largest absolute Gasteiger partial charge is 0.482 e. The monoisotopic (exact) mass is 368 g/mol. The molecule has 0 unspecified atom stereocenters. The van der Waals surface area contributed by atoms with Crippen LogP contribution in [0.1, 0.15) is 38.2 Å². The molecule has 140 valence electrons. The molecule has 1 N–H and O–H groups in total. The maximum atomic E-state index is 12.5. The van der Waals surface area contributed by atoms with Crippen LogP contribution in [0.2, 0.25) is 0 Å². The van der Waals surface area contributed by atoms with Gasteiger partial charge in [-0.1, -0.05) is 25.8 Å². The van der Waals surface area contributed by atoms with Gasteiger partial charge < -0.3 is 10.1 Å². The van der Waals surface area contributed by atoms with Crippen molar-refractivity contribution in [2.45, 2.75) is 50.5 Å². The summed E-state index contributed by atoms with van der Waals surface area (Å²) in [5, 5.41) is 3.01. The highest BCUT2D eigenvalue weighted by Gasteiger charge is 2.25. The van der Waals surface area contributed by atoms with Gasteiger partial charge >= 0.3 is 0 Å². The van der Waals surface area contributed by atoms with Crippen molar-refractivity contribution in [3.63, 3.8) is 0 Å². The Morgan fingerprint density at radius 3 is 2.60 bits per heavy atom. The minimum absolute atomic E-state index is 0.0799. The molecule has 1 aromatic rings. The third-order valence-corrected chi connectivity index (χ3v) is 6.51. The van der Waals surface area contributed by atoms with Crippen molar-refractivity contribution < 1.29 is 17.9 Å². The summed E-state index contributed by atoms with van der Waals surface area (Å²) < 4.78 is 31.6. The zero-order valence-electron chi connectivity index (χ0n) is 15.4. The van der Waals surface area contributed by atoms with Gasteiger partial charge in [0.2, 0.25) is 10.0 Å². The fraction of sp³-hybridized carbons (Fsp3) is 0.611. The molecule has 0 aliphatic heterocycles. The summed E-state index contributed by atoms with van der Waals surface area (Å²) in [5.41, 5.74) is 0.813. The van der Waals surface area contributed by atoms with Gasteiger partial charge in [0.25, 0.3) is 5.91 Å². The highest BCUT2D eigenvalue weighted by molar-refractivity contribution is 7.89. The average molecular weight is 368 g/mol. The third-order valence-electron chi connectivity index (χ3n) is 4.67. The number of hydrogen-bond acceptors (Lipinski definition) is 4. The molecule has 2 rings (SSSR count). The van der Waals surface area contributed by atoms with E-state index in [-0.39, 0.29) is 29.2 Å². The van der Waals surface area contributed by atoms with E-state index in [0.717, 1.165) is 29.1 Å². The molecular weight excluding hydrogens is 340 g/mol. The highest BCUT2D eigenvalue weighted by Crippen LogP contribution is 2.27. The van der Waals surface area contributed by atoms with Crippen molar-refractivity contribution in [3.8, 4) is 5.75 Å². The zero-order valence-corrected chi connectivity index (χ0v) is 16.2. The molecule has 1 fully saturated rings. The predicted molar refractivity (Wildman–Crippen MR) is 97.1 cm³/mol. The van der Waals surface area contributed by atoms with E-state index in [9.17, 15) is 13.2 Å². The van der Waals surface area contributed by atoms with Crippen molar-refractivity contribution in [3.05, 3.63) is 23.8 Å². The Morgan fingerprint density at radius 1 is 1.28 bits per heavy atom. The van der Waals surface area contributed by atoms with E-state index in [0.29, 0.717) is 5.92 Å². The van der Waals surface area contributed by atoms with Crippen LogP contribution in [0.5, 0.6) is 5.75 Å². The Morgan fingerprint density at radius 2 is 1.96 bits per heavy atom. The number of carbonyl (C=O) groups is 1. The molecule has 7 heteroatoms. The van der Waals surface area contributed by atoms with Crippen LogP contribution in [0.25, 0.3) is 0 Å². The lowest BCUT2D eigenvalue weighted by Crippen LogP contribution is -2.43. The summed E-state index contributed by atoms with van der Waals surface area (Å²) in [6, 6.07) is 5.10. The molecule has 2 atom stereocenters. The Kier molecular flexibility index (Phi) is 6.46. The van der Waals surface area contributed by atoms with Crippen LogP contribution in [-0.2, 0) is 14.8 Å². The summed E-state index contributed by atoms with van der Waals surface area (Å²) >= 11 is 0. The van der Waals surface area contributed by atoms with Gasteiger partial charge in [-0.3, -0.25) is 4.79 Å². The van der Waals surface area contributed by atoms with Gasteiger partial charge in [0.1, 0.15) is 10.6 Å². The number of benzene rings is 1. The van der Waals surface area contributed by atoms with E-state index >= 15 is 0 Å². The maximum absolute atomic E-state index is 12.5. The summed E-state index contributed by atoms with van der Waals surface area (Å²) in [5.74, 6) is 0.445. The molecule has 1 aliphatic rings. The molecule has 1 amide bonds. The second kappa shape index (κ2) is 8.19. The Balaban J connectivity index is 2.06. The lowest BCUT2D eigenvalue weighted by molar-refractivity contribution is -0.124. The second-order valence-electron chi connectivity index (χ2n) is 6.96. The molecule has 0 bridgehead atoms. The van der Waals surface area contributed by atoms with E-state index in [1.165, 1.54) is 20.5 Å². The first-order valence-electron chi connectivity index (χ1n) is 8.67. The molecule has 0 radical (unpaired) electrons. The minimum atomic E-state index is -3.64. The quantitative estimate of drug-likeness (QED) is 0.836. The average Bonchev–Trinajstić information content (AvgIpc) is 2.55. The number of amides is 1. The first kappa shape index (κ1) is 19.7. The molecule has 1 saturated carbocycles. The number of sulfonamides is 1. The number of hydrogen-bond donors (Lipinski definition) is 1. The molecule has 0 saturated heterocycles. The van der Waals surface area contributed by atoms with Gasteiger partial charge in [-0.2, -0.15) is 0 Å². The molecule has 6 nitrogen and oxygen atoms in total. The maximum Gasteiger partial charge on any atom is 0.258 e. The second-order valence-corrected chi connectivity index (χ2v) is 9.08. The Hall–Kier alpha value is -1.60. The summed E-state index contributed by atoms with van der Waals surface area (Å²) in [7, 11) is -0.696. The number of rotatable bonds is 6. The SMILES string of the molecule is Cc1ccc(OCC(=O)N[C@@H]2CCCC[C@@H]2C)c(S(=O)(=O)N(C)C)c1. The van der Waals surface area contributed by atoms with Crippen LogP contribution in [0.4, 0.5) is 0 Å². The van der Waals surface area contributed by atoms with Crippen LogP contribution in [0.3, 0.4) is 0 Å². The fourth-order valence-corrected chi connectivity index (χ4v) is 4.16. The number of nitrogens with one attached hydrogen (secondary N) is 1. The summed E-state index contributed by atoms with van der Waals surface area (Å²) in [6.07, 6.45) is 4.44. The van der Waals surface area contributed by atoms with Crippen molar-refractivity contribution in [1.29, 1.82) is 0 Å². The van der Waals surface area contributed by atoms with Crippen molar-refractivity contribution >= 4 is 15.9 Å². The topological polar surface area (TPSA) is 75.7 Å². The van der Waals surface area contributed by atoms with Crippen LogP contribution in [0.15, 0.2) is 23.1 Å². The number of aryl methyl sites for hydroxylation is 1. The molecule has 0 aromatic heterocycles. The minimum Gasteiger partial charge on any atom is -0.482 e. The molecule has 1 aromatic carbocycles. The van der Waals surface area contributed by atoms with Gasteiger partial charge in [-0.25, -0.2) is 12.7 Å². The van der Waals surface area contributed by atoms with E-state index in [2.05, 4.69) is 12.2 Å². The van der Waals surface area contributed by atoms with Gasteiger partial charge in [-0.15, -0.1) is 0 Å². The van der Waals surface area contributed by atoms with Crippen LogP contribution < -0.4 is 10.1 Å². The first-order chi connectivity index (χ1) is 11.7. The Labute approximate surface area is 150 Å². The fourth-order valence-electron chi connectivity index (χ4n) is 3.06. The standard InChI is InChI=1S/C18H28N2O4S/c1-13-9-10-16(17(11-13)25(22,23)20(3)4)24-12-18(21)19-15-8-6-5-7-14(15)2/h9-11,14-15H,5-8,12H2,1-4H3,(H,19,21)/t14-,15+/m0/s1. The number of nitrogens with zero attached hydrogens (tertiary/aromatic N) is 1. The zero-order chi connectivity index (χ0) is 18.6. The summed E-state index contributed by atoms with van der Waals surface area (Å²) in [6.45, 7) is 3.77. The molecule has 1 aliphatic carbocycles. The Bertz CT molecular complexity index is 716. The van der Waals surface area contributed by atoms with E-state index in [1.807, 2.05) is 6.92 Å². The predicted octanol–water partition coefficient (Wildman–Crippen LogP) is 2.32. The van der Waals surface area contributed by atoms with Crippen molar-refractivity contribution in [1.82, 2.24) is 9.62 Å². The van der Waals surface area contributed by atoms with Crippen LogP contribution >= 0.6 is 0 Å². The first-order valence-corrected chi connectivity index (χ1v) is 10.1. The van der Waals surface area contributed by atoms with Crippen LogP contribution in [0, 0.1) is 12.8 Å². The summed E-state index contributed by atoms with van der Waals surface area (Å²) in [4.78, 5) is 12.3. The molecular formula is C18H28N2O4S. The molecule has 0 heterocycles. The van der Waals surface area contributed by atoms with Crippen molar-refractivity contribution in [2.75, 3.05) is 20.7 Å². The normalized spacial score (nSPS) is 21.2. The highest BCUT2D eigenvalue weighted by atomic mass is 32.2. The molecule has 0 spiro atoms. The van der Waals surface area contributed by atoms with Gasteiger partial charge in [0.15, 0.2) is 6.61 Å². The van der Waals surface area contributed by atoms with E-state index in [1.54, 1.807) is 18.2 Å². The van der Waals surface area contributed by atoms with Crippen molar-refractivity contribution in [2.24, 2.45) is 5.92 Å². The number of ether oxygens (including phenoxy) is 1. The van der Waals surface area contributed by atoms with Crippen LogP contribution in [-0.4, -0.2) is 45.4 Å². The smallest absolute Gasteiger partial charge is 0.258 e. The lowest BCUT2D eigenvalue weighted by Gasteiger charge is -2.29. The number of carbonyl (C=O) groups excluding carboxylic acids is 1. The van der Waals surface area contributed by atoms with Gasteiger partial charge in [-0.05, 0) is 43.4 Å². The molecule has 25 heavy (non-hydrogen) atoms.